The zero-order valence-corrected chi connectivity index (χ0v) is 22.4. The van der Waals surface area contributed by atoms with Gasteiger partial charge in [-0.3, -0.25) is 24.0 Å². The SMILES string of the molecule is CC(C)CN(C)C(=O)CN(C)C(=O)CN(C)C(=O)CN(C)C(=O)CN(C)C(=O)CCNC(C)C. The van der Waals surface area contributed by atoms with Crippen molar-refractivity contribution < 1.29 is 24.0 Å². The van der Waals surface area contributed by atoms with Gasteiger partial charge in [0.1, 0.15) is 0 Å². The molecular weight excluding hydrogens is 440 g/mol. The van der Waals surface area contributed by atoms with Gasteiger partial charge < -0.3 is 29.8 Å². The highest BCUT2D eigenvalue weighted by Gasteiger charge is 2.22. The fourth-order valence-electron chi connectivity index (χ4n) is 2.96. The monoisotopic (exact) mass is 484 g/mol. The lowest BCUT2D eigenvalue weighted by Gasteiger charge is -2.26. The molecule has 0 atom stereocenters. The molecule has 0 saturated carbocycles. The normalized spacial score (nSPS) is 10.8. The van der Waals surface area contributed by atoms with Crippen molar-refractivity contribution in [1.82, 2.24) is 29.8 Å². The molecule has 196 valence electrons. The number of nitrogens with one attached hydrogen (secondary N) is 1. The average Bonchev–Trinajstić information content (AvgIpc) is 2.72. The lowest BCUT2D eigenvalue weighted by atomic mass is 10.2. The Kier molecular flexibility index (Phi) is 14.1. The van der Waals surface area contributed by atoms with Crippen molar-refractivity contribution in [2.45, 2.75) is 40.2 Å². The first kappa shape index (κ1) is 31.3. The highest BCUT2D eigenvalue weighted by molar-refractivity contribution is 5.91. The van der Waals surface area contributed by atoms with Gasteiger partial charge in [-0.1, -0.05) is 27.7 Å². The first-order valence-electron chi connectivity index (χ1n) is 11.6. The summed E-state index contributed by atoms with van der Waals surface area (Å²) in [5.74, 6) is -1.20. The summed E-state index contributed by atoms with van der Waals surface area (Å²) in [4.78, 5) is 68.4. The van der Waals surface area contributed by atoms with Crippen LogP contribution >= 0.6 is 0 Å². The molecule has 0 radical (unpaired) electrons. The molecule has 0 aromatic rings. The molecule has 11 nitrogen and oxygen atoms in total. The van der Waals surface area contributed by atoms with Crippen LogP contribution in [0.1, 0.15) is 34.1 Å². The molecule has 0 heterocycles. The third-order valence-electron chi connectivity index (χ3n) is 5.15. The van der Waals surface area contributed by atoms with E-state index in [2.05, 4.69) is 5.32 Å². The maximum atomic E-state index is 12.5. The van der Waals surface area contributed by atoms with Crippen LogP contribution in [-0.2, 0) is 24.0 Å². The van der Waals surface area contributed by atoms with E-state index in [-0.39, 0.29) is 62.3 Å². The molecule has 0 aromatic heterocycles. The zero-order valence-electron chi connectivity index (χ0n) is 22.4. The van der Waals surface area contributed by atoms with Crippen LogP contribution in [0.15, 0.2) is 0 Å². The van der Waals surface area contributed by atoms with Crippen LogP contribution in [-0.4, -0.2) is 135 Å². The molecule has 0 aliphatic heterocycles. The molecule has 0 aliphatic carbocycles. The highest BCUT2D eigenvalue weighted by atomic mass is 16.2. The first-order chi connectivity index (χ1) is 15.6. The van der Waals surface area contributed by atoms with Crippen molar-refractivity contribution in [2.75, 3.05) is 74.5 Å². The van der Waals surface area contributed by atoms with Gasteiger partial charge in [0, 0.05) is 60.8 Å². The van der Waals surface area contributed by atoms with Crippen LogP contribution in [0.25, 0.3) is 0 Å². The lowest BCUT2D eigenvalue weighted by molar-refractivity contribution is -0.144. The van der Waals surface area contributed by atoms with E-state index in [0.717, 1.165) is 0 Å². The molecule has 0 unspecified atom stereocenters. The quantitative estimate of drug-likeness (QED) is 0.350. The maximum absolute atomic E-state index is 12.5. The average molecular weight is 485 g/mol. The molecule has 34 heavy (non-hydrogen) atoms. The van der Waals surface area contributed by atoms with Crippen molar-refractivity contribution in [3.8, 4) is 0 Å². The summed E-state index contributed by atoms with van der Waals surface area (Å²) in [6.07, 6.45) is 0.277. The van der Waals surface area contributed by atoms with Gasteiger partial charge in [-0.2, -0.15) is 0 Å². The second-order valence-electron chi connectivity index (χ2n) is 9.53. The molecule has 0 bridgehead atoms. The minimum Gasteiger partial charge on any atom is -0.344 e. The Labute approximate surface area is 204 Å². The summed E-state index contributed by atoms with van der Waals surface area (Å²) in [5.41, 5.74) is 0. The molecule has 5 amide bonds. The molecule has 0 aliphatic rings. The standard InChI is InChI=1S/C23H44N6O5/c1-17(2)12-25(5)20(31)14-27(7)22(33)16-29(9)23(34)15-28(8)21(32)13-26(6)19(30)10-11-24-18(3)4/h17-18,24H,10-16H2,1-9H3. The van der Waals surface area contributed by atoms with Gasteiger partial charge >= 0.3 is 0 Å². The second-order valence-corrected chi connectivity index (χ2v) is 9.53. The Balaban J connectivity index is 4.57. The molecule has 1 N–H and O–H groups in total. The maximum Gasteiger partial charge on any atom is 0.242 e. The van der Waals surface area contributed by atoms with Gasteiger partial charge in [0.05, 0.1) is 26.2 Å². The number of carbonyl (C=O) groups excluding carboxylic acids is 5. The molecule has 0 spiro atoms. The second kappa shape index (κ2) is 15.3. The van der Waals surface area contributed by atoms with Crippen molar-refractivity contribution >= 4 is 29.5 Å². The predicted octanol–water partition coefficient (Wildman–Crippen LogP) is -0.677. The Bertz CT molecular complexity index is 712. The molecule has 0 rings (SSSR count). The number of amides is 5. The van der Waals surface area contributed by atoms with Crippen LogP contribution in [0.4, 0.5) is 0 Å². The van der Waals surface area contributed by atoms with Crippen LogP contribution in [0.5, 0.6) is 0 Å². The summed E-state index contributed by atoms with van der Waals surface area (Å²) in [6, 6.07) is 0.271. The van der Waals surface area contributed by atoms with E-state index in [9.17, 15) is 24.0 Å². The molecular formula is C23H44N6O5. The van der Waals surface area contributed by atoms with Crippen LogP contribution in [0.3, 0.4) is 0 Å². The Morgan fingerprint density at radius 1 is 0.559 bits per heavy atom. The number of nitrogens with zero attached hydrogens (tertiary/aromatic N) is 5. The summed E-state index contributed by atoms with van der Waals surface area (Å²) in [6.45, 7) is 8.45. The summed E-state index contributed by atoms with van der Waals surface area (Å²) >= 11 is 0. The number of likely N-dealkylation sites (N-methyl/N-ethyl adjacent to an activating group) is 5. The van der Waals surface area contributed by atoms with E-state index < -0.39 is 5.91 Å². The topological polar surface area (TPSA) is 114 Å². The fraction of sp³-hybridized carbons (Fsp3) is 0.783. The van der Waals surface area contributed by atoms with Crippen molar-refractivity contribution in [1.29, 1.82) is 0 Å². The Morgan fingerprint density at radius 3 is 1.21 bits per heavy atom. The van der Waals surface area contributed by atoms with Crippen molar-refractivity contribution in [2.24, 2.45) is 5.92 Å². The van der Waals surface area contributed by atoms with Gasteiger partial charge in [-0.25, -0.2) is 0 Å². The van der Waals surface area contributed by atoms with E-state index in [1.54, 1.807) is 19.0 Å². The largest absolute Gasteiger partial charge is 0.344 e. The number of carbonyl (C=O) groups is 5. The summed E-state index contributed by atoms with van der Waals surface area (Å²) in [7, 11) is 7.70. The van der Waals surface area contributed by atoms with E-state index in [0.29, 0.717) is 19.0 Å². The third kappa shape index (κ3) is 12.5. The minimum absolute atomic E-state index is 0.0739. The van der Waals surface area contributed by atoms with E-state index in [1.807, 2.05) is 27.7 Å². The van der Waals surface area contributed by atoms with E-state index in [1.165, 1.54) is 40.7 Å². The summed E-state index contributed by atoms with van der Waals surface area (Å²) in [5, 5.41) is 3.15. The van der Waals surface area contributed by atoms with Crippen LogP contribution < -0.4 is 5.32 Å². The van der Waals surface area contributed by atoms with Crippen LogP contribution in [0, 0.1) is 5.92 Å². The van der Waals surface area contributed by atoms with Crippen LogP contribution in [0.2, 0.25) is 0 Å². The predicted molar refractivity (Wildman–Crippen MR) is 131 cm³/mol. The van der Waals surface area contributed by atoms with E-state index in [4.69, 9.17) is 0 Å². The molecule has 11 heteroatoms. The minimum atomic E-state index is -0.420. The Hall–Kier alpha value is -2.69. The highest BCUT2D eigenvalue weighted by Crippen LogP contribution is 2.00. The van der Waals surface area contributed by atoms with Crippen molar-refractivity contribution in [3.63, 3.8) is 0 Å². The molecule has 0 aromatic carbocycles. The zero-order chi connectivity index (χ0) is 26.6. The first-order valence-corrected chi connectivity index (χ1v) is 11.6. The van der Waals surface area contributed by atoms with Gasteiger partial charge in [0.25, 0.3) is 0 Å². The smallest absolute Gasteiger partial charge is 0.242 e. The van der Waals surface area contributed by atoms with Gasteiger partial charge in [-0.05, 0) is 5.92 Å². The fourth-order valence-corrected chi connectivity index (χ4v) is 2.96. The van der Waals surface area contributed by atoms with Gasteiger partial charge in [-0.15, -0.1) is 0 Å². The van der Waals surface area contributed by atoms with Gasteiger partial charge in [0.15, 0.2) is 0 Å². The van der Waals surface area contributed by atoms with Crippen molar-refractivity contribution in [3.05, 3.63) is 0 Å². The van der Waals surface area contributed by atoms with Gasteiger partial charge in [0.2, 0.25) is 29.5 Å². The number of hydrogen-bond acceptors (Lipinski definition) is 6. The number of rotatable bonds is 14. The Morgan fingerprint density at radius 2 is 0.882 bits per heavy atom. The van der Waals surface area contributed by atoms with E-state index >= 15 is 0 Å². The molecule has 0 saturated heterocycles. The number of hydrogen-bond donors (Lipinski definition) is 1. The summed E-state index contributed by atoms with van der Waals surface area (Å²) < 4.78 is 0. The molecule has 0 fully saturated rings. The third-order valence-corrected chi connectivity index (χ3v) is 5.15. The lowest BCUT2D eigenvalue weighted by Crippen LogP contribution is -2.47.